The Morgan fingerprint density at radius 2 is 2.19 bits per heavy atom. The maximum absolute atomic E-state index is 11.6. The second-order valence-corrected chi connectivity index (χ2v) is 7.28. The quantitative estimate of drug-likeness (QED) is 0.599. The van der Waals surface area contributed by atoms with Crippen molar-refractivity contribution >= 4 is 21.9 Å². The molecular weight excluding hydrogens is 398 g/mol. The Labute approximate surface area is 161 Å². The van der Waals surface area contributed by atoms with Gasteiger partial charge in [-0.25, -0.2) is 4.79 Å². The van der Waals surface area contributed by atoms with E-state index in [4.69, 9.17) is 4.74 Å². The van der Waals surface area contributed by atoms with Crippen molar-refractivity contribution in [3.05, 3.63) is 40.1 Å². The van der Waals surface area contributed by atoms with Gasteiger partial charge in [-0.2, -0.15) is 5.10 Å². The van der Waals surface area contributed by atoms with Crippen molar-refractivity contribution in [1.29, 1.82) is 0 Å². The van der Waals surface area contributed by atoms with Gasteiger partial charge in [0.15, 0.2) is 5.69 Å². The first kappa shape index (κ1) is 18.8. The van der Waals surface area contributed by atoms with E-state index in [2.05, 4.69) is 38.4 Å². The van der Waals surface area contributed by atoms with Crippen LogP contribution < -0.4 is 10.1 Å². The third-order valence-electron chi connectivity index (χ3n) is 4.31. The van der Waals surface area contributed by atoms with Crippen LogP contribution in [0.3, 0.4) is 0 Å². The standard InChI is InChI=1S/C19H22BrN3O3/c1-2-8-21-10-14-16(26-11-12-3-4-12)6-5-15(20)17(14)13-7-9-22-23-18(13)19(24)25/h5-7,9,12,21H,2-4,8,10-11H2,1H3,(H,24,25). The Bertz CT molecular complexity index is 794. The molecule has 0 spiro atoms. The van der Waals surface area contributed by atoms with E-state index in [9.17, 15) is 9.90 Å². The van der Waals surface area contributed by atoms with Gasteiger partial charge in [0.2, 0.25) is 0 Å². The first-order valence-electron chi connectivity index (χ1n) is 8.82. The minimum Gasteiger partial charge on any atom is -0.493 e. The minimum atomic E-state index is -1.10. The smallest absolute Gasteiger partial charge is 0.357 e. The summed E-state index contributed by atoms with van der Waals surface area (Å²) >= 11 is 3.58. The maximum Gasteiger partial charge on any atom is 0.357 e. The van der Waals surface area contributed by atoms with Crippen molar-refractivity contribution < 1.29 is 14.6 Å². The van der Waals surface area contributed by atoms with Gasteiger partial charge in [0.1, 0.15) is 5.75 Å². The molecule has 3 rings (SSSR count). The van der Waals surface area contributed by atoms with Crippen molar-refractivity contribution in [3.8, 4) is 16.9 Å². The van der Waals surface area contributed by atoms with E-state index in [1.807, 2.05) is 12.1 Å². The SMILES string of the molecule is CCCNCc1c(OCC2CC2)ccc(Br)c1-c1ccnnc1C(=O)O. The molecule has 2 aromatic rings. The van der Waals surface area contributed by atoms with Crippen LogP contribution in [-0.4, -0.2) is 34.4 Å². The number of nitrogens with zero attached hydrogens (tertiary/aromatic N) is 2. The lowest BCUT2D eigenvalue weighted by Crippen LogP contribution is -2.17. The normalized spacial score (nSPS) is 13.6. The summed E-state index contributed by atoms with van der Waals surface area (Å²) in [6, 6.07) is 5.52. The van der Waals surface area contributed by atoms with Crippen LogP contribution in [0.5, 0.6) is 5.75 Å². The predicted octanol–water partition coefficient (Wildman–Crippen LogP) is 3.89. The predicted molar refractivity (Wildman–Crippen MR) is 102 cm³/mol. The third-order valence-corrected chi connectivity index (χ3v) is 4.97. The summed E-state index contributed by atoms with van der Waals surface area (Å²) in [6.45, 7) is 4.26. The second-order valence-electron chi connectivity index (χ2n) is 6.43. The molecule has 7 heteroatoms. The molecule has 1 saturated carbocycles. The molecule has 26 heavy (non-hydrogen) atoms. The van der Waals surface area contributed by atoms with E-state index in [0.717, 1.165) is 34.3 Å². The van der Waals surface area contributed by atoms with Crippen LogP contribution in [0.15, 0.2) is 28.9 Å². The molecule has 1 aliphatic carbocycles. The van der Waals surface area contributed by atoms with Crippen molar-refractivity contribution in [2.45, 2.75) is 32.7 Å². The van der Waals surface area contributed by atoms with Crippen LogP contribution in [-0.2, 0) is 6.54 Å². The number of ether oxygens (including phenoxy) is 1. The zero-order valence-electron chi connectivity index (χ0n) is 14.7. The zero-order valence-corrected chi connectivity index (χ0v) is 16.3. The van der Waals surface area contributed by atoms with E-state index in [1.54, 1.807) is 6.07 Å². The Morgan fingerprint density at radius 1 is 1.38 bits per heavy atom. The number of carbonyl (C=O) groups is 1. The number of hydrogen-bond donors (Lipinski definition) is 2. The lowest BCUT2D eigenvalue weighted by Gasteiger charge is -2.18. The highest BCUT2D eigenvalue weighted by molar-refractivity contribution is 9.10. The number of nitrogens with one attached hydrogen (secondary N) is 1. The molecule has 0 unspecified atom stereocenters. The van der Waals surface area contributed by atoms with Crippen LogP contribution in [0, 0.1) is 5.92 Å². The van der Waals surface area contributed by atoms with E-state index in [-0.39, 0.29) is 5.69 Å². The summed E-state index contributed by atoms with van der Waals surface area (Å²) in [6.07, 6.45) is 4.95. The number of aromatic nitrogens is 2. The van der Waals surface area contributed by atoms with Gasteiger partial charge in [0.05, 0.1) is 12.8 Å². The highest BCUT2D eigenvalue weighted by Crippen LogP contribution is 2.39. The van der Waals surface area contributed by atoms with Crippen molar-refractivity contribution in [2.75, 3.05) is 13.2 Å². The van der Waals surface area contributed by atoms with Gasteiger partial charge in [-0.3, -0.25) is 0 Å². The molecule has 0 saturated heterocycles. The van der Waals surface area contributed by atoms with Gasteiger partial charge < -0.3 is 15.2 Å². The summed E-state index contributed by atoms with van der Waals surface area (Å²) in [5.41, 5.74) is 2.19. The molecule has 0 radical (unpaired) electrons. The summed E-state index contributed by atoms with van der Waals surface area (Å²) in [4.78, 5) is 11.6. The minimum absolute atomic E-state index is 0.0655. The summed E-state index contributed by atoms with van der Waals surface area (Å²) < 4.78 is 6.87. The molecule has 6 nitrogen and oxygen atoms in total. The molecule has 1 aromatic carbocycles. The van der Waals surface area contributed by atoms with Crippen molar-refractivity contribution in [2.24, 2.45) is 5.92 Å². The molecule has 1 aromatic heterocycles. The molecule has 0 amide bonds. The monoisotopic (exact) mass is 419 g/mol. The molecule has 0 bridgehead atoms. The Morgan fingerprint density at radius 3 is 2.88 bits per heavy atom. The fourth-order valence-corrected chi connectivity index (χ4v) is 3.36. The van der Waals surface area contributed by atoms with Crippen LogP contribution in [0.25, 0.3) is 11.1 Å². The fourth-order valence-electron chi connectivity index (χ4n) is 2.78. The van der Waals surface area contributed by atoms with Crippen molar-refractivity contribution in [3.63, 3.8) is 0 Å². The fraction of sp³-hybridized carbons (Fsp3) is 0.421. The summed E-state index contributed by atoms with van der Waals surface area (Å²) in [7, 11) is 0. The lowest BCUT2D eigenvalue weighted by atomic mass is 9.97. The summed E-state index contributed by atoms with van der Waals surface area (Å²) in [5.74, 6) is 0.319. The van der Waals surface area contributed by atoms with Crippen LogP contribution in [0.2, 0.25) is 0 Å². The number of carboxylic acid groups (broad SMARTS) is 1. The van der Waals surface area contributed by atoms with E-state index >= 15 is 0 Å². The molecule has 0 aliphatic heterocycles. The number of aromatic carboxylic acids is 1. The first-order chi connectivity index (χ1) is 12.6. The first-order valence-corrected chi connectivity index (χ1v) is 9.61. The van der Waals surface area contributed by atoms with E-state index < -0.39 is 5.97 Å². The lowest BCUT2D eigenvalue weighted by molar-refractivity contribution is 0.0690. The zero-order chi connectivity index (χ0) is 18.5. The molecular formula is C19H22BrN3O3. The maximum atomic E-state index is 11.6. The van der Waals surface area contributed by atoms with Crippen molar-refractivity contribution in [1.82, 2.24) is 15.5 Å². The van der Waals surface area contributed by atoms with Gasteiger partial charge in [-0.1, -0.05) is 22.9 Å². The van der Waals surface area contributed by atoms with Gasteiger partial charge >= 0.3 is 5.97 Å². The second kappa shape index (κ2) is 8.60. The third kappa shape index (κ3) is 4.40. The van der Waals surface area contributed by atoms with Gasteiger partial charge in [0.25, 0.3) is 0 Å². The Balaban J connectivity index is 2.06. The van der Waals surface area contributed by atoms with Gasteiger partial charge in [-0.05, 0) is 49.9 Å². The van der Waals surface area contributed by atoms with Crippen LogP contribution in [0.4, 0.5) is 0 Å². The van der Waals surface area contributed by atoms with Crippen LogP contribution in [0.1, 0.15) is 42.2 Å². The number of benzene rings is 1. The number of carboxylic acids is 1. The number of hydrogen-bond acceptors (Lipinski definition) is 5. The molecule has 1 fully saturated rings. The molecule has 1 aliphatic rings. The topological polar surface area (TPSA) is 84.3 Å². The number of rotatable bonds is 9. The van der Waals surface area contributed by atoms with Crippen LogP contribution >= 0.6 is 15.9 Å². The molecule has 0 atom stereocenters. The van der Waals surface area contributed by atoms with E-state index in [0.29, 0.717) is 24.6 Å². The number of halogens is 1. The highest BCUT2D eigenvalue weighted by Gasteiger charge is 2.24. The Hall–Kier alpha value is -1.99. The molecule has 2 N–H and O–H groups in total. The summed E-state index contributed by atoms with van der Waals surface area (Å²) in [5, 5.41) is 20.4. The average Bonchev–Trinajstić information content (AvgIpc) is 3.46. The van der Waals surface area contributed by atoms with Gasteiger partial charge in [0, 0.05) is 27.7 Å². The van der Waals surface area contributed by atoms with Gasteiger partial charge in [-0.15, -0.1) is 5.10 Å². The van der Waals surface area contributed by atoms with E-state index in [1.165, 1.54) is 19.0 Å². The largest absolute Gasteiger partial charge is 0.493 e. The highest BCUT2D eigenvalue weighted by atomic mass is 79.9. The molecule has 138 valence electrons. The Kier molecular flexibility index (Phi) is 6.21. The molecule has 1 heterocycles. The average molecular weight is 420 g/mol.